The van der Waals surface area contributed by atoms with Crippen LogP contribution in [0.2, 0.25) is 0 Å². The molecule has 102 valence electrons. The van der Waals surface area contributed by atoms with Crippen molar-refractivity contribution in [2.24, 2.45) is 0 Å². The molecule has 0 bridgehead atoms. The average molecular weight is 268 g/mol. The maximum Gasteiger partial charge on any atom is 0.274 e. The Balaban J connectivity index is 2.11. The largest absolute Gasteiger partial charge is 0.503 e. The van der Waals surface area contributed by atoms with Gasteiger partial charge in [0.05, 0.1) is 12.2 Å². The van der Waals surface area contributed by atoms with Gasteiger partial charge in [0, 0.05) is 19.5 Å². The van der Waals surface area contributed by atoms with Crippen LogP contribution in [0.5, 0.6) is 11.5 Å². The van der Waals surface area contributed by atoms with Gasteiger partial charge in [-0.3, -0.25) is 9.59 Å². The first-order valence-corrected chi connectivity index (χ1v) is 6.09. The molecule has 2 aliphatic heterocycles. The van der Waals surface area contributed by atoms with Gasteiger partial charge in [0.25, 0.3) is 11.3 Å². The zero-order valence-corrected chi connectivity index (χ0v) is 10.0. The summed E-state index contributed by atoms with van der Waals surface area (Å²) in [7, 11) is 0. The number of pyridine rings is 1. The smallest absolute Gasteiger partial charge is 0.274 e. The van der Waals surface area contributed by atoms with Gasteiger partial charge in [0.1, 0.15) is 6.17 Å². The Bertz CT molecular complexity index is 612. The first-order chi connectivity index (χ1) is 8.99. The number of carbonyl (C=O) groups excluding carboxylic acids is 1. The highest BCUT2D eigenvalue weighted by Gasteiger charge is 2.39. The van der Waals surface area contributed by atoms with Crippen LogP contribution in [-0.4, -0.2) is 44.3 Å². The predicted octanol–water partition coefficient (Wildman–Crippen LogP) is 0.216. The fourth-order valence-electron chi connectivity index (χ4n) is 2.81. The van der Waals surface area contributed by atoms with Crippen LogP contribution >= 0.6 is 0 Å². The number of aromatic nitrogens is 1. The molecule has 3 heterocycles. The van der Waals surface area contributed by atoms with Gasteiger partial charge in [0.15, 0.2) is 17.2 Å². The third kappa shape index (κ3) is 1.68. The number of nitrogens with zero attached hydrogens (tertiary/aromatic N) is 2. The molecule has 2 atom stereocenters. The standard InChI is InChI=1S/C12H13FN2O4/c13-6-1-2-15-7(3-6)4-14-5-8(16)10(17)11(18)9(14)12(15)19/h5-7,16,18H,1-4H2/t6-,7-/m0/s1. The Morgan fingerprint density at radius 1 is 1.32 bits per heavy atom. The van der Waals surface area contributed by atoms with Gasteiger partial charge in [-0.25, -0.2) is 4.39 Å². The molecule has 1 aromatic heterocycles. The van der Waals surface area contributed by atoms with Crippen molar-refractivity contribution in [3.8, 4) is 11.5 Å². The van der Waals surface area contributed by atoms with Crippen molar-refractivity contribution in [2.75, 3.05) is 6.54 Å². The zero-order valence-electron chi connectivity index (χ0n) is 10.0. The summed E-state index contributed by atoms with van der Waals surface area (Å²) in [5, 5.41) is 19.1. The van der Waals surface area contributed by atoms with Crippen LogP contribution < -0.4 is 5.43 Å². The van der Waals surface area contributed by atoms with E-state index in [4.69, 9.17) is 0 Å². The number of hydrogen-bond donors (Lipinski definition) is 2. The Morgan fingerprint density at radius 2 is 2.05 bits per heavy atom. The quantitative estimate of drug-likeness (QED) is 0.705. The molecule has 2 N–H and O–H groups in total. The molecular weight excluding hydrogens is 255 g/mol. The fraction of sp³-hybridized carbons (Fsp3) is 0.500. The highest BCUT2D eigenvalue weighted by Crippen LogP contribution is 2.30. The second-order valence-corrected chi connectivity index (χ2v) is 4.97. The third-order valence-electron chi connectivity index (χ3n) is 3.76. The Labute approximate surface area is 107 Å². The molecule has 0 unspecified atom stereocenters. The number of halogens is 1. The van der Waals surface area contributed by atoms with Crippen molar-refractivity contribution in [2.45, 2.75) is 31.6 Å². The van der Waals surface area contributed by atoms with Crippen LogP contribution in [0.3, 0.4) is 0 Å². The molecule has 1 aromatic rings. The lowest BCUT2D eigenvalue weighted by atomic mass is 9.97. The minimum atomic E-state index is -0.960. The molecule has 1 saturated heterocycles. The molecule has 1 fully saturated rings. The first kappa shape index (κ1) is 12.0. The number of hydrogen-bond acceptors (Lipinski definition) is 4. The number of amides is 1. The van der Waals surface area contributed by atoms with E-state index in [-0.39, 0.29) is 37.7 Å². The summed E-state index contributed by atoms with van der Waals surface area (Å²) in [6.07, 6.45) is 0.677. The Hall–Kier alpha value is -2.05. The van der Waals surface area contributed by atoms with E-state index in [2.05, 4.69) is 0 Å². The second-order valence-electron chi connectivity index (χ2n) is 4.97. The highest BCUT2D eigenvalue weighted by molar-refractivity contribution is 5.96. The summed E-state index contributed by atoms with van der Waals surface area (Å²) < 4.78 is 14.7. The van der Waals surface area contributed by atoms with Crippen LogP contribution in [0.1, 0.15) is 23.3 Å². The van der Waals surface area contributed by atoms with Crippen LogP contribution in [0.25, 0.3) is 0 Å². The van der Waals surface area contributed by atoms with E-state index < -0.39 is 29.0 Å². The molecule has 1 amide bonds. The molecule has 0 aromatic carbocycles. The van der Waals surface area contributed by atoms with E-state index in [1.54, 1.807) is 0 Å². The summed E-state index contributed by atoms with van der Waals surface area (Å²) in [4.78, 5) is 25.2. The number of carbonyl (C=O) groups is 1. The molecule has 0 aliphatic carbocycles. The summed E-state index contributed by atoms with van der Waals surface area (Å²) in [6.45, 7) is 0.544. The van der Waals surface area contributed by atoms with Crippen molar-refractivity contribution in [3.05, 3.63) is 22.1 Å². The van der Waals surface area contributed by atoms with E-state index in [1.807, 2.05) is 0 Å². The lowest BCUT2D eigenvalue weighted by Gasteiger charge is -2.41. The molecular formula is C12H13FN2O4. The number of rotatable bonds is 0. The van der Waals surface area contributed by atoms with E-state index in [0.717, 1.165) is 6.20 Å². The van der Waals surface area contributed by atoms with Crippen LogP contribution in [-0.2, 0) is 6.54 Å². The van der Waals surface area contributed by atoms with Gasteiger partial charge in [-0.15, -0.1) is 0 Å². The SMILES string of the molecule is O=C1c2c(O)c(=O)c(O)cn2C[C@@H]2C[C@@H](F)CCN12. The summed E-state index contributed by atoms with van der Waals surface area (Å²) >= 11 is 0. The fourth-order valence-corrected chi connectivity index (χ4v) is 2.81. The van der Waals surface area contributed by atoms with Gasteiger partial charge in [-0.1, -0.05) is 0 Å². The molecule has 7 heteroatoms. The molecule has 3 rings (SSSR count). The summed E-state index contributed by atoms with van der Waals surface area (Å²) in [6, 6.07) is -0.301. The topological polar surface area (TPSA) is 82.8 Å². The van der Waals surface area contributed by atoms with Crippen LogP contribution in [0, 0.1) is 0 Å². The van der Waals surface area contributed by atoms with Gasteiger partial charge in [-0.05, 0) is 6.42 Å². The van der Waals surface area contributed by atoms with Gasteiger partial charge < -0.3 is 19.7 Å². The Kier molecular flexibility index (Phi) is 2.51. The minimum Gasteiger partial charge on any atom is -0.503 e. The van der Waals surface area contributed by atoms with Crippen molar-refractivity contribution >= 4 is 5.91 Å². The van der Waals surface area contributed by atoms with E-state index in [1.165, 1.54) is 9.47 Å². The van der Waals surface area contributed by atoms with Gasteiger partial charge >= 0.3 is 0 Å². The maximum absolute atomic E-state index is 13.4. The second kappa shape index (κ2) is 3.97. The lowest BCUT2D eigenvalue weighted by molar-refractivity contribution is 0.0382. The normalized spacial score (nSPS) is 25.9. The number of alkyl halides is 1. The molecule has 0 radical (unpaired) electrons. The Morgan fingerprint density at radius 3 is 2.79 bits per heavy atom. The molecule has 0 spiro atoms. The van der Waals surface area contributed by atoms with Gasteiger partial charge in [0.2, 0.25) is 0 Å². The predicted molar refractivity (Wildman–Crippen MR) is 63.0 cm³/mol. The molecule has 2 aliphatic rings. The molecule has 6 nitrogen and oxygen atoms in total. The first-order valence-electron chi connectivity index (χ1n) is 6.09. The van der Waals surface area contributed by atoms with Crippen molar-refractivity contribution in [3.63, 3.8) is 0 Å². The van der Waals surface area contributed by atoms with Crippen LogP contribution in [0.15, 0.2) is 11.0 Å². The zero-order chi connectivity index (χ0) is 13.7. The maximum atomic E-state index is 13.4. The molecule has 19 heavy (non-hydrogen) atoms. The monoisotopic (exact) mass is 268 g/mol. The minimum absolute atomic E-state index is 0.128. The van der Waals surface area contributed by atoms with Crippen molar-refractivity contribution < 1.29 is 19.4 Å². The van der Waals surface area contributed by atoms with Gasteiger partial charge in [-0.2, -0.15) is 0 Å². The summed E-state index contributed by atoms with van der Waals surface area (Å²) in [5.41, 5.74) is -1.09. The van der Waals surface area contributed by atoms with Crippen molar-refractivity contribution in [1.29, 1.82) is 0 Å². The third-order valence-corrected chi connectivity index (χ3v) is 3.76. The number of aromatic hydroxyl groups is 2. The average Bonchev–Trinajstić information content (AvgIpc) is 2.35. The summed E-state index contributed by atoms with van der Waals surface area (Å²) in [5.74, 6) is -1.85. The van der Waals surface area contributed by atoms with E-state index in [0.29, 0.717) is 0 Å². The molecule has 0 saturated carbocycles. The number of piperidine rings is 1. The lowest BCUT2D eigenvalue weighted by Crippen LogP contribution is -2.53. The number of fused-ring (bicyclic) bond motifs is 2. The highest BCUT2D eigenvalue weighted by atomic mass is 19.1. The van der Waals surface area contributed by atoms with Crippen LogP contribution in [0.4, 0.5) is 4.39 Å². The van der Waals surface area contributed by atoms with Crippen molar-refractivity contribution in [1.82, 2.24) is 9.47 Å². The van der Waals surface area contributed by atoms with E-state index >= 15 is 0 Å². The van der Waals surface area contributed by atoms with E-state index in [9.17, 15) is 24.2 Å².